The van der Waals surface area contributed by atoms with Crippen molar-refractivity contribution in [2.24, 2.45) is 0 Å². The van der Waals surface area contributed by atoms with Crippen LogP contribution in [0.4, 0.5) is 0 Å². The van der Waals surface area contributed by atoms with Crippen molar-refractivity contribution < 1.29 is 29.8 Å². The highest BCUT2D eigenvalue weighted by atomic mass is 16.3. The largest absolute Gasteiger partial charge is 0.503 e. The van der Waals surface area contributed by atoms with E-state index in [1.54, 1.807) is 0 Å². The van der Waals surface area contributed by atoms with Gasteiger partial charge in [-0.1, -0.05) is 0 Å². The number of aromatic nitrogens is 2. The zero-order valence-electron chi connectivity index (χ0n) is 13.0. The molecule has 8 nitrogen and oxygen atoms in total. The Bertz CT molecular complexity index is 659. The Morgan fingerprint density at radius 2 is 1.21 bits per heavy atom. The summed E-state index contributed by atoms with van der Waals surface area (Å²) in [5, 5.41) is 24.1. The minimum absolute atomic E-state index is 0.00504. The van der Waals surface area contributed by atoms with Crippen molar-refractivity contribution in [3.05, 3.63) is 48.0 Å². The molecular formula is C16H20N4O4+2. The van der Waals surface area contributed by atoms with Crippen molar-refractivity contribution in [3.8, 4) is 11.5 Å². The van der Waals surface area contributed by atoms with Gasteiger partial charge in [0.1, 0.15) is 11.1 Å². The zero-order valence-corrected chi connectivity index (χ0v) is 13.0. The molecule has 6 N–H and O–H groups in total. The molecule has 2 aromatic heterocycles. The third-order valence-corrected chi connectivity index (χ3v) is 3.25. The molecule has 2 heterocycles. The number of aromatic hydroxyl groups is 2. The van der Waals surface area contributed by atoms with Crippen LogP contribution in [0.25, 0.3) is 0 Å². The highest BCUT2D eigenvalue weighted by Crippen LogP contribution is 2.06. The van der Waals surface area contributed by atoms with Crippen LogP contribution in [0, 0.1) is 0 Å². The number of carbonyl (C=O) groups excluding carboxylic acids is 2. The lowest BCUT2D eigenvalue weighted by Gasteiger charge is -2.06. The van der Waals surface area contributed by atoms with Crippen molar-refractivity contribution in [1.29, 1.82) is 0 Å². The van der Waals surface area contributed by atoms with E-state index in [1.165, 1.54) is 36.9 Å². The predicted molar refractivity (Wildman–Crippen MR) is 83.2 cm³/mol. The first kappa shape index (κ1) is 17.2. The van der Waals surface area contributed by atoms with Crippen molar-refractivity contribution in [1.82, 2.24) is 10.6 Å². The van der Waals surface area contributed by atoms with Gasteiger partial charge in [-0.25, -0.2) is 9.97 Å². The van der Waals surface area contributed by atoms with Gasteiger partial charge in [-0.3, -0.25) is 9.59 Å². The Labute approximate surface area is 138 Å². The fourth-order valence-electron chi connectivity index (χ4n) is 2.04. The molecular weight excluding hydrogens is 312 g/mol. The molecule has 2 amide bonds. The van der Waals surface area contributed by atoms with Crippen LogP contribution in [0.3, 0.4) is 0 Å². The molecule has 24 heavy (non-hydrogen) atoms. The maximum Gasteiger partial charge on any atom is 0.257 e. The second kappa shape index (κ2) is 8.47. The molecule has 0 aliphatic heterocycles. The number of aromatic amines is 2. The van der Waals surface area contributed by atoms with Crippen molar-refractivity contribution in [3.63, 3.8) is 0 Å². The summed E-state index contributed by atoms with van der Waals surface area (Å²) in [6.07, 6.45) is 7.15. The molecule has 126 valence electrons. The standard InChI is InChI=1S/C16H18N4O4/c21-13-5-11(7-17-9-13)15(23)19-3-1-2-4-20-16(24)12-6-14(22)10-18-8-12/h5-10,21-22H,1-4H2,(H,19,23)(H,20,24)/p+2. The number of amides is 2. The van der Waals surface area contributed by atoms with Gasteiger partial charge in [0.05, 0.1) is 0 Å². The van der Waals surface area contributed by atoms with Gasteiger partial charge < -0.3 is 20.8 Å². The lowest BCUT2D eigenvalue weighted by atomic mass is 10.2. The molecule has 2 aromatic rings. The van der Waals surface area contributed by atoms with Crippen LogP contribution in [0.1, 0.15) is 33.6 Å². The van der Waals surface area contributed by atoms with Gasteiger partial charge in [-0.2, -0.15) is 0 Å². The van der Waals surface area contributed by atoms with Crippen LogP contribution in [-0.4, -0.2) is 35.1 Å². The van der Waals surface area contributed by atoms with Gasteiger partial charge in [0, 0.05) is 25.2 Å². The average molecular weight is 332 g/mol. The first-order valence-electron chi connectivity index (χ1n) is 7.53. The maximum absolute atomic E-state index is 11.8. The summed E-state index contributed by atoms with van der Waals surface area (Å²) in [7, 11) is 0. The summed E-state index contributed by atoms with van der Waals surface area (Å²) in [4.78, 5) is 29.0. The fourth-order valence-corrected chi connectivity index (χ4v) is 2.04. The number of hydrogen-bond acceptors (Lipinski definition) is 4. The van der Waals surface area contributed by atoms with Gasteiger partial charge in [-0.05, 0) is 12.8 Å². The number of H-pyrrole nitrogens is 2. The average Bonchev–Trinajstić information content (AvgIpc) is 2.57. The van der Waals surface area contributed by atoms with E-state index in [-0.39, 0.29) is 23.3 Å². The first-order valence-corrected chi connectivity index (χ1v) is 7.53. The van der Waals surface area contributed by atoms with Crippen LogP contribution < -0.4 is 20.6 Å². The number of unbranched alkanes of at least 4 members (excludes halogenated alkanes) is 1. The lowest BCUT2D eigenvalue weighted by Crippen LogP contribution is -2.28. The quantitative estimate of drug-likeness (QED) is 0.518. The summed E-state index contributed by atoms with van der Waals surface area (Å²) in [5.74, 6) is -0.563. The molecule has 0 atom stereocenters. The molecule has 8 heteroatoms. The third kappa shape index (κ3) is 5.24. The van der Waals surface area contributed by atoms with E-state index in [0.717, 1.165) is 0 Å². The number of pyridine rings is 2. The highest BCUT2D eigenvalue weighted by Gasteiger charge is 2.10. The summed E-state index contributed by atoms with van der Waals surface area (Å²) in [5.41, 5.74) is 0.701. The second-order valence-electron chi connectivity index (χ2n) is 5.18. The Kier molecular flexibility index (Phi) is 6.07. The summed E-state index contributed by atoms with van der Waals surface area (Å²) in [6, 6.07) is 2.75. The van der Waals surface area contributed by atoms with Gasteiger partial charge in [0.2, 0.25) is 12.4 Å². The van der Waals surface area contributed by atoms with Crippen LogP contribution in [0.15, 0.2) is 36.9 Å². The van der Waals surface area contributed by atoms with Crippen LogP contribution in [0.5, 0.6) is 11.5 Å². The molecule has 0 aliphatic carbocycles. The molecule has 0 radical (unpaired) electrons. The Morgan fingerprint density at radius 1 is 0.792 bits per heavy atom. The van der Waals surface area contributed by atoms with Crippen molar-refractivity contribution in [2.75, 3.05) is 13.1 Å². The molecule has 0 unspecified atom stereocenters. The monoisotopic (exact) mass is 332 g/mol. The Hall–Kier alpha value is -3.16. The molecule has 0 aromatic carbocycles. The molecule has 0 saturated carbocycles. The summed E-state index contributed by atoms with van der Waals surface area (Å²) in [6.45, 7) is 0.925. The fraction of sp³-hybridized carbons (Fsp3) is 0.250. The first-order chi connectivity index (χ1) is 11.6. The highest BCUT2D eigenvalue weighted by molar-refractivity contribution is 5.94. The normalized spacial score (nSPS) is 10.2. The number of nitrogens with one attached hydrogen (secondary N) is 4. The van der Waals surface area contributed by atoms with Crippen molar-refractivity contribution in [2.45, 2.75) is 12.8 Å². The Balaban J connectivity index is 1.63. The van der Waals surface area contributed by atoms with E-state index >= 15 is 0 Å². The molecule has 0 aliphatic rings. The van der Waals surface area contributed by atoms with Crippen LogP contribution >= 0.6 is 0 Å². The van der Waals surface area contributed by atoms with Gasteiger partial charge >= 0.3 is 0 Å². The molecule has 0 fully saturated rings. The van der Waals surface area contributed by atoms with E-state index in [1.807, 2.05) is 0 Å². The van der Waals surface area contributed by atoms with E-state index in [0.29, 0.717) is 37.1 Å². The molecule has 0 saturated heterocycles. The third-order valence-electron chi connectivity index (χ3n) is 3.25. The van der Waals surface area contributed by atoms with Gasteiger partial charge in [0.25, 0.3) is 11.8 Å². The number of hydrogen-bond donors (Lipinski definition) is 4. The topological polar surface area (TPSA) is 127 Å². The SMILES string of the molecule is O=C(NCCCCNC(=O)c1c[nH+]cc(O)c1)c1c[nH+]cc(O)c1. The second-order valence-corrected chi connectivity index (χ2v) is 5.18. The van der Waals surface area contributed by atoms with E-state index in [2.05, 4.69) is 20.6 Å². The maximum atomic E-state index is 11.8. The smallest absolute Gasteiger partial charge is 0.257 e. The van der Waals surface area contributed by atoms with E-state index < -0.39 is 0 Å². The van der Waals surface area contributed by atoms with Crippen molar-refractivity contribution >= 4 is 11.8 Å². The lowest BCUT2D eigenvalue weighted by molar-refractivity contribution is -0.379. The van der Waals surface area contributed by atoms with Crippen LogP contribution in [-0.2, 0) is 0 Å². The van der Waals surface area contributed by atoms with Gasteiger partial charge in [0.15, 0.2) is 23.9 Å². The molecule has 0 spiro atoms. The summed E-state index contributed by atoms with van der Waals surface area (Å²) >= 11 is 0. The minimum atomic E-state index is -0.276. The zero-order chi connectivity index (χ0) is 17.4. The Morgan fingerprint density at radius 3 is 1.58 bits per heavy atom. The molecule has 2 rings (SSSR count). The summed E-state index contributed by atoms with van der Waals surface area (Å²) < 4.78 is 0. The minimum Gasteiger partial charge on any atom is -0.503 e. The number of rotatable bonds is 7. The predicted octanol–water partition coefficient (Wildman–Crippen LogP) is -0.334. The van der Waals surface area contributed by atoms with Gasteiger partial charge in [-0.15, -0.1) is 0 Å². The van der Waals surface area contributed by atoms with Crippen LogP contribution in [0.2, 0.25) is 0 Å². The number of carbonyl (C=O) groups is 2. The molecule has 0 bridgehead atoms. The van der Waals surface area contributed by atoms with E-state index in [4.69, 9.17) is 0 Å². The van der Waals surface area contributed by atoms with E-state index in [9.17, 15) is 19.8 Å².